The monoisotopic (exact) mass is 405 g/mol. The van der Waals surface area contributed by atoms with Crippen LogP contribution in [-0.2, 0) is 4.74 Å². The summed E-state index contributed by atoms with van der Waals surface area (Å²) < 4.78 is 6.02. The molecular weight excluding hydrogens is 390 g/mol. The molecule has 0 spiro atoms. The number of rotatable bonds is 4. The molecule has 2 aromatic carbocycles. The summed E-state index contributed by atoms with van der Waals surface area (Å²) in [6, 6.07) is 11.5. The van der Waals surface area contributed by atoms with Crippen LogP contribution in [0.5, 0.6) is 0 Å². The SMILES string of the molecule is O=C(Nc1ccc([N+](=O)[O-])cc1N1CCOCC1)c1ccccc1Br. The maximum Gasteiger partial charge on any atom is 0.271 e. The zero-order valence-corrected chi connectivity index (χ0v) is 14.9. The highest BCUT2D eigenvalue weighted by Crippen LogP contribution is 2.32. The molecule has 25 heavy (non-hydrogen) atoms. The van der Waals surface area contributed by atoms with Gasteiger partial charge in [0.2, 0.25) is 0 Å². The smallest absolute Gasteiger partial charge is 0.271 e. The highest BCUT2D eigenvalue weighted by atomic mass is 79.9. The number of hydrogen-bond donors (Lipinski definition) is 1. The van der Waals surface area contributed by atoms with Gasteiger partial charge >= 0.3 is 0 Å². The minimum atomic E-state index is -0.441. The Labute approximate surface area is 152 Å². The summed E-state index contributed by atoms with van der Waals surface area (Å²) in [4.78, 5) is 25.2. The van der Waals surface area contributed by atoms with Gasteiger partial charge < -0.3 is 15.0 Å². The number of nitrogens with one attached hydrogen (secondary N) is 1. The molecule has 2 aromatic rings. The lowest BCUT2D eigenvalue weighted by Crippen LogP contribution is -2.36. The molecule has 0 radical (unpaired) electrons. The Bertz CT molecular complexity index is 806. The molecule has 1 N–H and O–H groups in total. The molecule has 0 saturated carbocycles. The van der Waals surface area contributed by atoms with Gasteiger partial charge in [-0.25, -0.2) is 0 Å². The molecule has 0 unspecified atom stereocenters. The lowest BCUT2D eigenvalue weighted by Gasteiger charge is -2.30. The van der Waals surface area contributed by atoms with Gasteiger partial charge in [-0.3, -0.25) is 14.9 Å². The number of nitro benzene ring substituents is 1. The largest absolute Gasteiger partial charge is 0.378 e. The third-order valence-electron chi connectivity index (χ3n) is 3.91. The van der Waals surface area contributed by atoms with E-state index in [-0.39, 0.29) is 11.6 Å². The molecule has 8 heteroatoms. The number of nitrogens with zero attached hydrogens (tertiary/aromatic N) is 2. The molecule has 7 nitrogen and oxygen atoms in total. The van der Waals surface area contributed by atoms with E-state index in [0.29, 0.717) is 47.7 Å². The zero-order chi connectivity index (χ0) is 17.8. The van der Waals surface area contributed by atoms with Crippen LogP contribution in [0.2, 0.25) is 0 Å². The number of carbonyl (C=O) groups excluding carboxylic acids is 1. The number of hydrogen-bond acceptors (Lipinski definition) is 5. The Morgan fingerprint density at radius 1 is 1.20 bits per heavy atom. The Kier molecular flexibility index (Phi) is 5.30. The van der Waals surface area contributed by atoms with Gasteiger partial charge in [0.25, 0.3) is 11.6 Å². The Hall–Kier alpha value is -2.45. The fourth-order valence-electron chi connectivity index (χ4n) is 2.64. The minimum Gasteiger partial charge on any atom is -0.378 e. The van der Waals surface area contributed by atoms with Crippen LogP contribution in [0, 0.1) is 10.1 Å². The summed E-state index contributed by atoms with van der Waals surface area (Å²) in [5, 5.41) is 14.0. The van der Waals surface area contributed by atoms with Crippen LogP contribution < -0.4 is 10.2 Å². The first-order valence-corrected chi connectivity index (χ1v) is 8.52. The maximum absolute atomic E-state index is 12.6. The average Bonchev–Trinajstić information content (AvgIpc) is 2.63. The van der Waals surface area contributed by atoms with Crippen LogP contribution >= 0.6 is 15.9 Å². The van der Waals surface area contributed by atoms with Crippen LogP contribution in [-0.4, -0.2) is 37.1 Å². The van der Waals surface area contributed by atoms with Crippen molar-refractivity contribution >= 4 is 38.9 Å². The van der Waals surface area contributed by atoms with E-state index < -0.39 is 4.92 Å². The van der Waals surface area contributed by atoms with Crippen LogP contribution in [0.25, 0.3) is 0 Å². The number of amides is 1. The third kappa shape index (κ3) is 3.97. The molecule has 0 aliphatic carbocycles. The van der Waals surface area contributed by atoms with E-state index in [1.165, 1.54) is 12.1 Å². The van der Waals surface area contributed by atoms with Crippen molar-refractivity contribution in [2.75, 3.05) is 36.5 Å². The fourth-order valence-corrected chi connectivity index (χ4v) is 3.11. The van der Waals surface area contributed by atoms with Crippen LogP contribution in [0.15, 0.2) is 46.9 Å². The molecule has 0 aromatic heterocycles. The third-order valence-corrected chi connectivity index (χ3v) is 4.60. The number of halogens is 1. The summed E-state index contributed by atoms with van der Waals surface area (Å²) in [6.07, 6.45) is 0. The second-order valence-electron chi connectivity index (χ2n) is 5.49. The summed E-state index contributed by atoms with van der Waals surface area (Å²) in [5.74, 6) is -0.282. The molecule has 130 valence electrons. The number of nitro groups is 1. The Morgan fingerprint density at radius 3 is 2.60 bits per heavy atom. The number of carbonyl (C=O) groups is 1. The van der Waals surface area contributed by atoms with Gasteiger partial charge in [-0.15, -0.1) is 0 Å². The highest BCUT2D eigenvalue weighted by molar-refractivity contribution is 9.10. The zero-order valence-electron chi connectivity index (χ0n) is 13.3. The fraction of sp³-hybridized carbons (Fsp3) is 0.235. The summed E-state index contributed by atoms with van der Waals surface area (Å²) in [7, 11) is 0. The second kappa shape index (κ2) is 7.62. The van der Waals surface area contributed by atoms with E-state index >= 15 is 0 Å². The van der Waals surface area contributed by atoms with Gasteiger partial charge in [-0.05, 0) is 34.1 Å². The number of morpholine rings is 1. The maximum atomic E-state index is 12.6. The molecule has 1 saturated heterocycles. The van der Waals surface area contributed by atoms with Crippen molar-refractivity contribution in [3.8, 4) is 0 Å². The number of non-ortho nitro benzene ring substituents is 1. The molecule has 1 fully saturated rings. The Morgan fingerprint density at radius 2 is 1.92 bits per heavy atom. The molecule has 1 aliphatic heterocycles. The summed E-state index contributed by atoms with van der Waals surface area (Å²) >= 11 is 3.36. The van der Waals surface area contributed by atoms with Gasteiger partial charge in [0.15, 0.2) is 0 Å². The second-order valence-corrected chi connectivity index (χ2v) is 6.35. The quantitative estimate of drug-likeness (QED) is 0.621. The lowest BCUT2D eigenvalue weighted by molar-refractivity contribution is -0.384. The number of anilines is 2. The van der Waals surface area contributed by atoms with Gasteiger partial charge in [-0.1, -0.05) is 12.1 Å². The van der Waals surface area contributed by atoms with Crippen LogP contribution in [0.3, 0.4) is 0 Å². The van der Waals surface area contributed by atoms with Crippen LogP contribution in [0.1, 0.15) is 10.4 Å². The molecule has 0 bridgehead atoms. The highest BCUT2D eigenvalue weighted by Gasteiger charge is 2.20. The van der Waals surface area contributed by atoms with Crippen LogP contribution in [0.4, 0.5) is 17.1 Å². The molecule has 1 aliphatic rings. The van der Waals surface area contributed by atoms with E-state index in [0.717, 1.165) is 0 Å². The lowest BCUT2D eigenvalue weighted by atomic mass is 10.1. The molecule has 1 amide bonds. The van der Waals surface area contributed by atoms with Gasteiger partial charge in [0, 0.05) is 29.7 Å². The van der Waals surface area contributed by atoms with Gasteiger partial charge in [0.1, 0.15) is 0 Å². The van der Waals surface area contributed by atoms with E-state index in [1.807, 2.05) is 11.0 Å². The van der Waals surface area contributed by atoms with E-state index in [2.05, 4.69) is 21.2 Å². The van der Waals surface area contributed by atoms with Crippen molar-refractivity contribution in [2.45, 2.75) is 0 Å². The molecule has 0 atom stereocenters. The first kappa shape index (κ1) is 17.4. The number of benzene rings is 2. The Balaban J connectivity index is 1.93. The van der Waals surface area contributed by atoms with Crippen molar-refractivity contribution in [1.29, 1.82) is 0 Å². The first-order chi connectivity index (χ1) is 12.1. The molecule has 3 rings (SSSR count). The van der Waals surface area contributed by atoms with Gasteiger partial charge in [0.05, 0.1) is 35.1 Å². The normalized spacial score (nSPS) is 14.2. The molecular formula is C17H16BrN3O4. The minimum absolute atomic E-state index is 0.0135. The van der Waals surface area contributed by atoms with Crippen molar-refractivity contribution < 1.29 is 14.5 Å². The summed E-state index contributed by atoms with van der Waals surface area (Å²) in [5.41, 5.74) is 1.64. The van der Waals surface area contributed by atoms with E-state index in [1.54, 1.807) is 24.3 Å². The predicted octanol–water partition coefficient (Wildman–Crippen LogP) is 3.45. The van der Waals surface area contributed by atoms with Crippen molar-refractivity contribution in [3.63, 3.8) is 0 Å². The summed E-state index contributed by atoms with van der Waals surface area (Å²) in [6.45, 7) is 2.30. The van der Waals surface area contributed by atoms with E-state index in [4.69, 9.17) is 4.74 Å². The topological polar surface area (TPSA) is 84.7 Å². The van der Waals surface area contributed by atoms with Crippen molar-refractivity contribution in [3.05, 3.63) is 62.6 Å². The predicted molar refractivity (Wildman–Crippen MR) is 98.2 cm³/mol. The average molecular weight is 406 g/mol. The van der Waals surface area contributed by atoms with Gasteiger partial charge in [-0.2, -0.15) is 0 Å². The van der Waals surface area contributed by atoms with Crippen molar-refractivity contribution in [1.82, 2.24) is 0 Å². The number of ether oxygens (including phenoxy) is 1. The standard InChI is InChI=1S/C17H16BrN3O4/c18-14-4-2-1-3-13(14)17(22)19-15-6-5-12(21(23)24)11-16(15)20-7-9-25-10-8-20/h1-6,11H,7-10H2,(H,19,22). The molecule has 1 heterocycles. The first-order valence-electron chi connectivity index (χ1n) is 7.73. The van der Waals surface area contributed by atoms with E-state index in [9.17, 15) is 14.9 Å². The van der Waals surface area contributed by atoms with Crippen molar-refractivity contribution in [2.24, 2.45) is 0 Å².